The molecule has 29 heavy (non-hydrogen) atoms. The first-order chi connectivity index (χ1) is 13.8. The zero-order valence-corrected chi connectivity index (χ0v) is 15.5. The maximum atomic E-state index is 13.9. The van der Waals surface area contributed by atoms with Crippen molar-refractivity contribution in [1.29, 1.82) is 0 Å². The molecule has 1 aromatic heterocycles. The van der Waals surface area contributed by atoms with Crippen molar-refractivity contribution >= 4 is 11.9 Å². The number of para-hydroxylation sites is 1. The number of pyridine rings is 1. The van der Waals surface area contributed by atoms with E-state index in [-0.39, 0.29) is 18.1 Å². The van der Waals surface area contributed by atoms with E-state index in [0.29, 0.717) is 0 Å². The summed E-state index contributed by atoms with van der Waals surface area (Å²) in [6, 6.07) is 12.7. The fourth-order valence-electron chi connectivity index (χ4n) is 2.33. The van der Waals surface area contributed by atoms with Crippen LogP contribution in [-0.4, -0.2) is 41.9 Å². The third kappa shape index (κ3) is 5.92. The Balaban J connectivity index is 2.21. The first kappa shape index (κ1) is 22.2. The first-order valence-corrected chi connectivity index (χ1v) is 8.66. The Morgan fingerprint density at radius 2 is 1.76 bits per heavy atom. The van der Waals surface area contributed by atoms with Crippen LogP contribution in [0.5, 0.6) is 5.75 Å². The molecule has 0 radical (unpaired) electrons. The number of rotatable bonds is 9. The second-order valence-electron chi connectivity index (χ2n) is 5.79. The number of benzene rings is 1. The van der Waals surface area contributed by atoms with Crippen LogP contribution in [0.2, 0.25) is 0 Å². The molecule has 1 atom stereocenters. The lowest BCUT2D eigenvalue weighted by Crippen LogP contribution is -2.73. The quantitative estimate of drug-likeness (QED) is 0.486. The van der Waals surface area contributed by atoms with Gasteiger partial charge in [0.15, 0.2) is 6.61 Å². The van der Waals surface area contributed by atoms with Crippen LogP contribution in [0, 0.1) is 0 Å². The average Bonchev–Trinajstić information content (AvgIpc) is 2.70. The van der Waals surface area contributed by atoms with Crippen LogP contribution in [0.4, 0.5) is 13.2 Å². The van der Waals surface area contributed by atoms with Crippen molar-refractivity contribution in [2.45, 2.75) is 25.3 Å². The third-order valence-corrected chi connectivity index (χ3v) is 3.71. The number of nitrogens with zero attached hydrogens (tertiary/aromatic N) is 1. The third-order valence-electron chi connectivity index (χ3n) is 3.71. The predicted molar refractivity (Wildman–Crippen MR) is 96.6 cm³/mol. The highest BCUT2D eigenvalue weighted by molar-refractivity contribution is 5.89. The molecule has 0 aliphatic heterocycles. The van der Waals surface area contributed by atoms with E-state index in [1.807, 2.05) is 0 Å². The van der Waals surface area contributed by atoms with Gasteiger partial charge >= 0.3 is 12.1 Å². The summed E-state index contributed by atoms with van der Waals surface area (Å²) in [6.07, 6.45) is -3.81. The molecule has 0 fully saturated rings. The summed E-state index contributed by atoms with van der Waals surface area (Å²) in [6.45, 7) is -0.123. The Bertz CT molecular complexity index is 803. The van der Waals surface area contributed by atoms with Crippen LogP contribution in [0.1, 0.15) is 12.6 Å². The maximum Gasteiger partial charge on any atom is 0.436 e. The molecule has 2 aromatic rings. The second kappa shape index (κ2) is 9.87. The SMILES string of the molecule is CCOC(=O)[C@@](NCc1ccccn1)(NC(=O)COc1ccccc1)C(F)(F)F. The Morgan fingerprint density at radius 1 is 1.07 bits per heavy atom. The Kier molecular flexibility index (Phi) is 7.54. The number of nitrogens with one attached hydrogen (secondary N) is 2. The van der Waals surface area contributed by atoms with Crippen molar-refractivity contribution < 1.29 is 32.2 Å². The molecule has 0 saturated heterocycles. The normalized spacial score (nSPS) is 13.2. The van der Waals surface area contributed by atoms with E-state index in [0.717, 1.165) is 0 Å². The minimum absolute atomic E-state index is 0.236. The van der Waals surface area contributed by atoms with Crippen LogP contribution in [-0.2, 0) is 20.9 Å². The molecular formula is C19H20F3N3O4. The van der Waals surface area contributed by atoms with Gasteiger partial charge in [-0.2, -0.15) is 13.2 Å². The van der Waals surface area contributed by atoms with Gasteiger partial charge in [0.1, 0.15) is 5.75 Å². The first-order valence-electron chi connectivity index (χ1n) is 8.66. The molecule has 7 nitrogen and oxygen atoms in total. The number of carbonyl (C=O) groups is 2. The van der Waals surface area contributed by atoms with E-state index in [1.165, 1.54) is 31.3 Å². The Labute approximate surface area is 165 Å². The van der Waals surface area contributed by atoms with Crippen molar-refractivity contribution in [3.05, 3.63) is 60.4 Å². The van der Waals surface area contributed by atoms with Crippen LogP contribution in [0.25, 0.3) is 0 Å². The van der Waals surface area contributed by atoms with Crippen LogP contribution >= 0.6 is 0 Å². The molecular weight excluding hydrogens is 391 g/mol. The molecule has 0 spiro atoms. The number of carbonyl (C=O) groups excluding carboxylic acids is 2. The lowest BCUT2D eigenvalue weighted by atomic mass is 10.1. The van der Waals surface area contributed by atoms with E-state index in [1.54, 1.807) is 35.6 Å². The molecule has 0 aliphatic rings. The van der Waals surface area contributed by atoms with Crippen molar-refractivity contribution in [1.82, 2.24) is 15.6 Å². The van der Waals surface area contributed by atoms with Gasteiger partial charge < -0.3 is 14.8 Å². The minimum Gasteiger partial charge on any atom is -0.484 e. The van der Waals surface area contributed by atoms with E-state index >= 15 is 0 Å². The average molecular weight is 411 g/mol. The number of halogens is 3. The van der Waals surface area contributed by atoms with E-state index < -0.39 is 36.9 Å². The molecule has 1 aromatic carbocycles. The van der Waals surface area contributed by atoms with Crippen molar-refractivity contribution in [2.75, 3.05) is 13.2 Å². The van der Waals surface area contributed by atoms with Gasteiger partial charge in [0, 0.05) is 12.7 Å². The van der Waals surface area contributed by atoms with Gasteiger partial charge in [0.25, 0.3) is 11.6 Å². The molecule has 0 aliphatic carbocycles. The van der Waals surface area contributed by atoms with Crippen molar-refractivity contribution in [3.63, 3.8) is 0 Å². The fourth-order valence-corrected chi connectivity index (χ4v) is 2.33. The number of amides is 1. The number of hydrogen-bond donors (Lipinski definition) is 2. The molecule has 1 heterocycles. The predicted octanol–water partition coefficient (Wildman–Crippen LogP) is 2.19. The minimum atomic E-state index is -5.20. The maximum absolute atomic E-state index is 13.9. The van der Waals surface area contributed by atoms with Crippen LogP contribution in [0.3, 0.4) is 0 Å². The summed E-state index contributed by atoms with van der Waals surface area (Å²) in [7, 11) is 0. The number of ether oxygens (including phenoxy) is 2. The van der Waals surface area contributed by atoms with Gasteiger partial charge in [-0.1, -0.05) is 24.3 Å². The molecule has 10 heteroatoms. The molecule has 0 unspecified atom stereocenters. The smallest absolute Gasteiger partial charge is 0.436 e. The van der Waals surface area contributed by atoms with Gasteiger partial charge in [-0.3, -0.25) is 15.1 Å². The van der Waals surface area contributed by atoms with Crippen molar-refractivity contribution in [2.24, 2.45) is 0 Å². The van der Waals surface area contributed by atoms with Gasteiger partial charge in [0.2, 0.25) is 0 Å². The van der Waals surface area contributed by atoms with E-state index in [9.17, 15) is 22.8 Å². The highest BCUT2D eigenvalue weighted by atomic mass is 19.4. The fraction of sp³-hybridized carbons (Fsp3) is 0.316. The van der Waals surface area contributed by atoms with Gasteiger partial charge in [-0.25, -0.2) is 4.79 Å². The van der Waals surface area contributed by atoms with Crippen LogP contribution < -0.4 is 15.4 Å². The Hall–Kier alpha value is -3.14. The monoisotopic (exact) mass is 411 g/mol. The lowest BCUT2D eigenvalue weighted by molar-refractivity contribution is -0.222. The summed E-state index contributed by atoms with van der Waals surface area (Å²) in [5.41, 5.74) is -3.22. The number of hydrogen-bond acceptors (Lipinski definition) is 6. The molecule has 0 saturated carbocycles. The Morgan fingerprint density at radius 3 is 2.34 bits per heavy atom. The number of alkyl halides is 3. The second-order valence-corrected chi connectivity index (χ2v) is 5.79. The summed E-state index contributed by atoms with van der Waals surface area (Å²) in [5.74, 6) is -2.55. The summed E-state index contributed by atoms with van der Waals surface area (Å²) >= 11 is 0. The number of aromatic nitrogens is 1. The molecule has 2 rings (SSSR count). The molecule has 2 N–H and O–H groups in total. The molecule has 1 amide bonds. The highest BCUT2D eigenvalue weighted by Crippen LogP contribution is 2.30. The zero-order chi connectivity index (χ0) is 21.3. The van der Waals surface area contributed by atoms with Gasteiger partial charge in [-0.15, -0.1) is 0 Å². The largest absolute Gasteiger partial charge is 0.484 e. The van der Waals surface area contributed by atoms with Crippen molar-refractivity contribution in [3.8, 4) is 5.75 Å². The van der Waals surface area contributed by atoms with E-state index in [2.05, 4.69) is 15.0 Å². The number of esters is 1. The summed E-state index contributed by atoms with van der Waals surface area (Å²) in [4.78, 5) is 28.4. The van der Waals surface area contributed by atoms with Gasteiger partial charge in [-0.05, 0) is 31.2 Å². The van der Waals surface area contributed by atoms with Crippen LogP contribution in [0.15, 0.2) is 54.7 Å². The summed E-state index contributed by atoms with van der Waals surface area (Å²) in [5, 5.41) is 3.75. The van der Waals surface area contributed by atoms with E-state index in [4.69, 9.17) is 4.74 Å². The highest BCUT2D eigenvalue weighted by Gasteiger charge is 2.63. The zero-order valence-electron chi connectivity index (χ0n) is 15.5. The lowest BCUT2D eigenvalue weighted by Gasteiger charge is -2.34. The molecule has 156 valence electrons. The summed E-state index contributed by atoms with van der Waals surface area (Å²) < 4.78 is 51.6. The van der Waals surface area contributed by atoms with Gasteiger partial charge in [0.05, 0.1) is 12.3 Å². The molecule has 0 bridgehead atoms. The standard InChI is InChI=1S/C19H20F3N3O4/c1-2-28-17(27)18(19(20,21)22,24-12-14-8-6-7-11-23-14)25-16(26)13-29-15-9-4-3-5-10-15/h3-11,24H,2,12-13H2,1H3,(H,25,26)/t18-/m1/s1. The topological polar surface area (TPSA) is 89.5 Å².